The van der Waals surface area contributed by atoms with Gasteiger partial charge < -0.3 is 10.5 Å². The Balaban J connectivity index is 1.80. The van der Waals surface area contributed by atoms with Crippen LogP contribution in [0.25, 0.3) is 0 Å². The highest BCUT2D eigenvalue weighted by Gasteiger charge is 2.11. The van der Waals surface area contributed by atoms with E-state index < -0.39 is 5.97 Å². The second-order valence-electron chi connectivity index (χ2n) is 3.62. The zero-order valence-corrected chi connectivity index (χ0v) is 10.6. The van der Waals surface area contributed by atoms with E-state index in [4.69, 9.17) is 10.5 Å². The summed E-state index contributed by atoms with van der Waals surface area (Å²) in [7, 11) is 0. The van der Waals surface area contributed by atoms with Gasteiger partial charge in [-0.3, -0.25) is 4.68 Å². The fourth-order valence-electron chi connectivity index (χ4n) is 1.41. The second-order valence-corrected chi connectivity index (χ2v) is 4.65. The summed E-state index contributed by atoms with van der Waals surface area (Å²) in [5, 5.41) is 9.50. The van der Waals surface area contributed by atoms with Gasteiger partial charge in [-0.1, -0.05) is 11.3 Å². The Morgan fingerprint density at radius 2 is 2.44 bits per heavy atom. The van der Waals surface area contributed by atoms with E-state index in [0.29, 0.717) is 19.7 Å². The van der Waals surface area contributed by atoms with Crippen LogP contribution in [0.5, 0.6) is 0 Å². The molecular formula is C11H14N4O2S. The van der Waals surface area contributed by atoms with Gasteiger partial charge in [-0.25, -0.2) is 4.79 Å². The molecule has 96 valence electrons. The number of esters is 1. The Kier molecular flexibility index (Phi) is 4.43. The Hall–Kier alpha value is -1.73. The van der Waals surface area contributed by atoms with Crippen molar-refractivity contribution >= 4 is 17.3 Å². The molecule has 0 radical (unpaired) electrons. The van der Waals surface area contributed by atoms with E-state index in [1.54, 1.807) is 17.5 Å². The summed E-state index contributed by atoms with van der Waals surface area (Å²) in [6, 6.07) is 3.98. The van der Waals surface area contributed by atoms with Gasteiger partial charge in [-0.2, -0.15) is 0 Å². The summed E-state index contributed by atoms with van der Waals surface area (Å²) >= 11 is 1.64. The smallest absolute Gasteiger partial charge is 0.360 e. The summed E-state index contributed by atoms with van der Waals surface area (Å²) < 4.78 is 6.64. The fourth-order valence-corrected chi connectivity index (χ4v) is 2.10. The highest BCUT2D eigenvalue weighted by Crippen LogP contribution is 2.09. The van der Waals surface area contributed by atoms with Crippen molar-refractivity contribution in [2.75, 3.05) is 13.2 Å². The first-order chi connectivity index (χ1) is 8.79. The number of thiophene rings is 1. The SMILES string of the molecule is NCCn1cc(C(=O)OCCc2cccs2)nn1. The molecule has 0 amide bonds. The fraction of sp³-hybridized carbons (Fsp3) is 0.364. The van der Waals surface area contributed by atoms with E-state index >= 15 is 0 Å². The van der Waals surface area contributed by atoms with Crippen LogP contribution in [0.4, 0.5) is 0 Å². The molecule has 7 heteroatoms. The predicted molar refractivity (Wildman–Crippen MR) is 67.4 cm³/mol. The topological polar surface area (TPSA) is 83.0 Å². The van der Waals surface area contributed by atoms with Crippen LogP contribution in [0.2, 0.25) is 0 Å². The molecule has 0 spiro atoms. The molecule has 2 aromatic heterocycles. The summed E-state index contributed by atoms with van der Waals surface area (Å²) in [6.45, 7) is 1.34. The van der Waals surface area contributed by atoms with Crippen LogP contribution >= 0.6 is 11.3 Å². The first kappa shape index (κ1) is 12.7. The monoisotopic (exact) mass is 266 g/mol. The van der Waals surface area contributed by atoms with E-state index in [2.05, 4.69) is 10.3 Å². The lowest BCUT2D eigenvalue weighted by Crippen LogP contribution is -2.10. The number of nitrogens with two attached hydrogens (primary N) is 1. The maximum absolute atomic E-state index is 11.6. The van der Waals surface area contributed by atoms with Crippen molar-refractivity contribution in [2.45, 2.75) is 13.0 Å². The minimum Gasteiger partial charge on any atom is -0.460 e. The molecule has 0 aliphatic heterocycles. The van der Waals surface area contributed by atoms with E-state index in [1.165, 1.54) is 9.56 Å². The Labute approximate surface area is 108 Å². The van der Waals surface area contributed by atoms with Crippen molar-refractivity contribution in [1.82, 2.24) is 15.0 Å². The maximum Gasteiger partial charge on any atom is 0.360 e. The molecule has 0 aliphatic rings. The van der Waals surface area contributed by atoms with Crippen molar-refractivity contribution in [3.63, 3.8) is 0 Å². The number of carbonyl (C=O) groups is 1. The van der Waals surface area contributed by atoms with Crippen molar-refractivity contribution in [3.8, 4) is 0 Å². The molecule has 18 heavy (non-hydrogen) atoms. The second kappa shape index (κ2) is 6.27. The number of rotatable bonds is 6. The largest absolute Gasteiger partial charge is 0.460 e. The zero-order valence-electron chi connectivity index (χ0n) is 9.78. The standard InChI is InChI=1S/C11H14N4O2S/c12-4-5-15-8-10(13-14-15)11(16)17-6-3-9-2-1-7-18-9/h1-2,7-8H,3-6,12H2. The lowest BCUT2D eigenvalue weighted by atomic mass is 10.4. The number of carbonyl (C=O) groups excluding carboxylic acids is 1. The molecule has 0 aromatic carbocycles. The number of nitrogens with zero attached hydrogens (tertiary/aromatic N) is 3. The Morgan fingerprint density at radius 3 is 3.17 bits per heavy atom. The maximum atomic E-state index is 11.6. The van der Waals surface area contributed by atoms with E-state index in [1.807, 2.05) is 17.5 Å². The molecule has 2 rings (SSSR count). The molecule has 0 aliphatic carbocycles. The quantitative estimate of drug-likeness (QED) is 0.778. The molecule has 0 bridgehead atoms. The van der Waals surface area contributed by atoms with Gasteiger partial charge in [0.2, 0.25) is 0 Å². The third-order valence-electron chi connectivity index (χ3n) is 2.27. The summed E-state index contributed by atoms with van der Waals surface area (Å²) in [5.41, 5.74) is 5.59. The van der Waals surface area contributed by atoms with Gasteiger partial charge in [0.25, 0.3) is 0 Å². The van der Waals surface area contributed by atoms with Gasteiger partial charge in [0, 0.05) is 17.8 Å². The van der Waals surface area contributed by atoms with Crippen molar-refractivity contribution < 1.29 is 9.53 Å². The average molecular weight is 266 g/mol. The highest BCUT2D eigenvalue weighted by atomic mass is 32.1. The molecule has 2 N–H and O–H groups in total. The Morgan fingerprint density at radius 1 is 1.56 bits per heavy atom. The van der Waals surface area contributed by atoms with E-state index in [-0.39, 0.29) is 5.69 Å². The molecule has 0 saturated carbocycles. The van der Waals surface area contributed by atoms with Crippen molar-refractivity contribution in [1.29, 1.82) is 0 Å². The number of hydrogen-bond donors (Lipinski definition) is 1. The van der Waals surface area contributed by atoms with E-state index in [9.17, 15) is 4.79 Å². The van der Waals surface area contributed by atoms with Crippen molar-refractivity contribution in [2.24, 2.45) is 5.73 Å². The minimum absolute atomic E-state index is 0.217. The van der Waals surface area contributed by atoms with Gasteiger partial charge in [-0.15, -0.1) is 16.4 Å². The minimum atomic E-state index is -0.449. The first-order valence-electron chi connectivity index (χ1n) is 5.59. The molecule has 6 nitrogen and oxygen atoms in total. The predicted octanol–water partition coefficient (Wildman–Crippen LogP) is 0.698. The summed E-state index contributed by atoms with van der Waals surface area (Å²) in [6.07, 6.45) is 2.26. The lowest BCUT2D eigenvalue weighted by Gasteiger charge is -2.00. The molecule has 2 heterocycles. The number of aromatic nitrogens is 3. The number of hydrogen-bond acceptors (Lipinski definition) is 6. The van der Waals surface area contributed by atoms with Gasteiger partial charge in [0.05, 0.1) is 19.3 Å². The van der Waals surface area contributed by atoms with Gasteiger partial charge in [0.1, 0.15) is 0 Å². The molecular weight excluding hydrogens is 252 g/mol. The zero-order chi connectivity index (χ0) is 12.8. The molecule has 0 unspecified atom stereocenters. The Bertz CT molecular complexity index is 495. The molecule has 0 atom stereocenters. The van der Waals surface area contributed by atoms with Crippen LogP contribution < -0.4 is 5.73 Å². The van der Waals surface area contributed by atoms with Crippen LogP contribution in [0, 0.1) is 0 Å². The number of ether oxygens (including phenoxy) is 1. The van der Waals surface area contributed by atoms with Gasteiger partial charge in [-0.05, 0) is 11.4 Å². The van der Waals surface area contributed by atoms with E-state index in [0.717, 1.165) is 6.42 Å². The van der Waals surface area contributed by atoms with Crippen LogP contribution in [0.1, 0.15) is 15.4 Å². The van der Waals surface area contributed by atoms with Crippen LogP contribution in [-0.2, 0) is 17.7 Å². The normalized spacial score (nSPS) is 10.5. The van der Waals surface area contributed by atoms with Crippen molar-refractivity contribution in [3.05, 3.63) is 34.3 Å². The lowest BCUT2D eigenvalue weighted by molar-refractivity contribution is 0.0503. The molecule has 2 aromatic rings. The average Bonchev–Trinajstić information content (AvgIpc) is 3.00. The molecule has 0 fully saturated rings. The van der Waals surface area contributed by atoms with Crippen LogP contribution in [0.3, 0.4) is 0 Å². The third kappa shape index (κ3) is 3.38. The first-order valence-corrected chi connectivity index (χ1v) is 6.47. The van der Waals surface area contributed by atoms with Crippen LogP contribution in [0.15, 0.2) is 23.7 Å². The summed E-state index contributed by atoms with van der Waals surface area (Å²) in [4.78, 5) is 12.8. The summed E-state index contributed by atoms with van der Waals surface area (Å²) in [5.74, 6) is -0.449. The van der Waals surface area contributed by atoms with Gasteiger partial charge >= 0.3 is 5.97 Å². The highest BCUT2D eigenvalue weighted by molar-refractivity contribution is 7.09. The van der Waals surface area contributed by atoms with Gasteiger partial charge in [0.15, 0.2) is 5.69 Å². The molecule has 0 saturated heterocycles. The third-order valence-corrected chi connectivity index (χ3v) is 3.20. The van der Waals surface area contributed by atoms with Crippen LogP contribution in [-0.4, -0.2) is 34.1 Å².